The Kier molecular flexibility index (Phi) is 6.16. The summed E-state index contributed by atoms with van der Waals surface area (Å²) in [5, 5.41) is 2.90. The molecular formula is C25H34N2O3. The van der Waals surface area contributed by atoms with Crippen molar-refractivity contribution in [2.45, 2.75) is 51.5 Å². The van der Waals surface area contributed by atoms with Gasteiger partial charge in [0.25, 0.3) is 0 Å². The van der Waals surface area contributed by atoms with Crippen LogP contribution in [0.2, 0.25) is 0 Å². The number of rotatable bonds is 9. The second kappa shape index (κ2) is 8.83. The topological polar surface area (TPSA) is 58.6 Å². The van der Waals surface area contributed by atoms with Crippen LogP contribution in [0.15, 0.2) is 36.9 Å². The van der Waals surface area contributed by atoms with Crippen LogP contribution in [-0.4, -0.2) is 36.9 Å². The number of hydrogen-bond acceptors (Lipinski definition) is 3. The fourth-order valence-electron chi connectivity index (χ4n) is 6.43. The smallest absolute Gasteiger partial charge is 0.242 e. The molecule has 1 N–H and O–H groups in total. The Balaban J connectivity index is 1.22. The van der Waals surface area contributed by atoms with Gasteiger partial charge in [-0.05, 0) is 79.4 Å². The Bertz CT molecular complexity index is 751. The number of nitrogens with zero attached hydrogens (tertiary/aromatic N) is 1. The number of benzene rings is 1. The van der Waals surface area contributed by atoms with Crippen molar-refractivity contribution in [2.75, 3.05) is 20.2 Å². The van der Waals surface area contributed by atoms with Crippen LogP contribution in [0.3, 0.4) is 0 Å². The van der Waals surface area contributed by atoms with Crippen molar-refractivity contribution in [3.63, 3.8) is 0 Å². The molecule has 4 aliphatic carbocycles. The Morgan fingerprint density at radius 3 is 2.30 bits per heavy atom. The highest BCUT2D eigenvalue weighted by Gasteiger charge is 2.51. The van der Waals surface area contributed by atoms with Gasteiger partial charge in [-0.15, -0.1) is 0 Å². The van der Waals surface area contributed by atoms with Gasteiger partial charge in [-0.1, -0.05) is 24.8 Å². The molecule has 0 heterocycles. The van der Waals surface area contributed by atoms with Crippen molar-refractivity contribution >= 4 is 11.8 Å². The minimum atomic E-state index is -0.0687. The first-order chi connectivity index (χ1) is 14.4. The second-order valence-electron chi connectivity index (χ2n) is 9.86. The standard InChI is InChI=1S/C25H34N2O3/c1-3-8-30-22-6-4-18(5-7-22)17-27(2)24(29)16-26-23(28)15-25-12-19-9-20(13-25)11-21(10-19)14-25/h3-7,19-21H,1,8-17H2,2H3,(H,26,28). The number of carbonyl (C=O) groups is 2. The van der Waals surface area contributed by atoms with Crippen LogP contribution in [0.1, 0.15) is 50.5 Å². The van der Waals surface area contributed by atoms with Gasteiger partial charge in [0, 0.05) is 20.0 Å². The van der Waals surface area contributed by atoms with Gasteiger partial charge in [0.05, 0.1) is 6.54 Å². The quantitative estimate of drug-likeness (QED) is 0.628. The maximum Gasteiger partial charge on any atom is 0.242 e. The molecule has 0 aliphatic heterocycles. The van der Waals surface area contributed by atoms with Crippen LogP contribution < -0.4 is 10.1 Å². The zero-order chi connectivity index (χ0) is 21.1. The Hall–Kier alpha value is -2.30. The lowest BCUT2D eigenvalue weighted by molar-refractivity contribution is -0.135. The first-order valence-corrected chi connectivity index (χ1v) is 11.3. The van der Waals surface area contributed by atoms with Crippen LogP contribution in [0.4, 0.5) is 0 Å². The first-order valence-electron chi connectivity index (χ1n) is 11.3. The van der Waals surface area contributed by atoms with Gasteiger partial charge >= 0.3 is 0 Å². The van der Waals surface area contributed by atoms with Gasteiger partial charge in [-0.3, -0.25) is 9.59 Å². The third-order valence-corrected chi connectivity index (χ3v) is 7.27. The normalized spacial score (nSPS) is 28.8. The summed E-state index contributed by atoms with van der Waals surface area (Å²) in [6, 6.07) is 7.69. The number of amides is 2. The molecule has 4 aliphatic rings. The SMILES string of the molecule is C=CCOc1ccc(CN(C)C(=O)CNC(=O)CC23CC4CC(CC(C4)C2)C3)cc1. The van der Waals surface area contributed by atoms with Crippen LogP contribution in [0, 0.1) is 23.2 Å². The lowest BCUT2D eigenvalue weighted by atomic mass is 9.49. The molecule has 162 valence electrons. The molecule has 2 amide bonds. The molecule has 0 atom stereocenters. The Morgan fingerprint density at radius 2 is 1.73 bits per heavy atom. The van der Waals surface area contributed by atoms with Gasteiger partial charge in [0.15, 0.2) is 0 Å². The molecule has 5 nitrogen and oxygen atoms in total. The number of likely N-dealkylation sites (N-methyl/N-ethyl adjacent to an activating group) is 1. The molecule has 0 saturated heterocycles. The zero-order valence-electron chi connectivity index (χ0n) is 18.1. The molecule has 4 bridgehead atoms. The summed E-state index contributed by atoms with van der Waals surface area (Å²) in [5.41, 5.74) is 1.24. The summed E-state index contributed by atoms with van der Waals surface area (Å²) in [7, 11) is 1.77. The van der Waals surface area contributed by atoms with Gasteiger partial charge in [-0.25, -0.2) is 0 Å². The van der Waals surface area contributed by atoms with E-state index in [2.05, 4.69) is 11.9 Å². The van der Waals surface area contributed by atoms with Gasteiger partial charge in [0.2, 0.25) is 11.8 Å². The van der Waals surface area contributed by atoms with Gasteiger partial charge in [-0.2, -0.15) is 0 Å². The lowest BCUT2D eigenvalue weighted by Crippen LogP contribution is -2.48. The Morgan fingerprint density at radius 1 is 1.13 bits per heavy atom. The highest BCUT2D eigenvalue weighted by Crippen LogP contribution is 2.61. The van der Waals surface area contributed by atoms with Crippen LogP contribution in [0.25, 0.3) is 0 Å². The molecule has 5 rings (SSSR count). The molecule has 0 aromatic heterocycles. The van der Waals surface area contributed by atoms with E-state index >= 15 is 0 Å². The predicted octanol–water partition coefficient (Wildman–Crippen LogP) is 3.93. The number of nitrogens with one attached hydrogen (secondary N) is 1. The number of hydrogen-bond donors (Lipinski definition) is 1. The average Bonchev–Trinajstić information content (AvgIpc) is 2.70. The monoisotopic (exact) mass is 410 g/mol. The van der Waals surface area contributed by atoms with E-state index in [1.807, 2.05) is 24.3 Å². The second-order valence-corrected chi connectivity index (χ2v) is 9.86. The summed E-state index contributed by atoms with van der Waals surface area (Å²) in [6.07, 6.45) is 10.1. The van der Waals surface area contributed by atoms with Gasteiger partial charge in [0.1, 0.15) is 12.4 Å². The average molecular weight is 411 g/mol. The minimum absolute atomic E-state index is 0.0439. The minimum Gasteiger partial charge on any atom is -0.490 e. The summed E-state index contributed by atoms with van der Waals surface area (Å²) in [4.78, 5) is 26.8. The van der Waals surface area contributed by atoms with Crippen molar-refractivity contribution in [1.29, 1.82) is 0 Å². The Labute approximate surface area is 179 Å². The van der Waals surface area contributed by atoms with E-state index in [-0.39, 0.29) is 23.8 Å². The molecule has 5 heteroatoms. The molecule has 0 radical (unpaired) electrons. The summed E-state index contributed by atoms with van der Waals surface area (Å²) < 4.78 is 5.48. The summed E-state index contributed by atoms with van der Waals surface area (Å²) in [6.45, 7) is 4.69. The fourth-order valence-corrected chi connectivity index (χ4v) is 6.43. The maximum absolute atomic E-state index is 12.6. The zero-order valence-corrected chi connectivity index (χ0v) is 18.1. The molecule has 1 aromatic carbocycles. The van der Waals surface area contributed by atoms with Crippen molar-refractivity contribution in [3.05, 3.63) is 42.5 Å². The maximum atomic E-state index is 12.6. The van der Waals surface area contributed by atoms with E-state index < -0.39 is 0 Å². The van der Waals surface area contributed by atoms with Crippen molar-refractivity contribution in [3.8, 4) is 5.75 Å². The highest BCUT2D eigenvalue weighted by molar-refractivity contribution is 5.84. The molecule has 4 fully saturated rings. The van der Waals surface area contributed by atoms with Crippen molar-refractivity contribution < 1.29 is 14.3 Å². The van der Waals surface area contributed by atoms with E-state index in [9.17, 15) is 9.59 Å². The summed E-state index contributed by atoms with van der Waals surface area (Å²) >= 11 is 0. The number of carbonyl (C=O) groups excluding carboxylic acids is 2. The molecular weight excluding hydrogens is 376 g/mol. The first kappa shape index (κ1) is 21.0. The molecule has 30 heavy (non-hydrogen) atoms. The third kappa shape index (κ3) is 4.88. The van der Waals surface area contributed by atoms with E-state index in [1.165, 1.54) is 38.5 Å². The van der Waals surface area contributed by atoms with E-state index in [1.54, 1.807) is 18.0 Å². The van der Waals surface area contributed by atoms with Gasteiger partial charge < -0.3 is 15.0 Å². The summed E-state index contributed by atoms with van der Waals surface area (Å²) in [5.74, 6) is 3.27. The third-order valence-electron chi connectivity index (χ3n) is 7.27. The molecule has 1 aromatic rings. The fraction of sp³-hybridized carbons (Fsp3) is 0.600. The van der Waals surface area contributed by atoms with Crippen LogP contribution in [0.5, 0.6) is 5.75 Å². The largest absolute Gasteiger partial charge is 0.490 e. The van der Waals surface area contributed by atoms with E-state index in [0.29, 0.717) is 19.6 Å². The molecule has 0 spiro atoms. The number of ether oxygens (including phenoxy) is 1. The van der Waals surface area contributed by atoms with E-state index in [0.717, 1.165) is 29.1 Å². The van der Waals surface area contributed by atoms with E-state index in [4.69, 9.17) is 4.74 Å². The molecule has 4 saturated carbocycles. The highest BCUT2D eigenvalue weighted by atomic mass is 16.5. The molecule has 0 unspecified atom stereocenters. The van der Waals surface area contributed by atoms with Crippen molar-refractivity contribution in [1.82, 2.24) is 10.2 Å². The van der Waals surface area contributed by atoms with Crippen LogP contribution in [-0.2, 0) is 16.1 Å². The predicted molar refractivity (Wildman–Crippen MR) is 117 cm³/mol. The van der Waals surface area contributed by atoms with Crippen molar-refractivity contribution in [2.24, 2.45) is 23.2 Å². The lowest BCUT2D eigenvalue weighted by Gasteiger charge is -2.56. The van der Waals surface area contributed by atoms with Crippen LogP contribution >= 0.6 is 0 Å².